The molecule has 0 rings (SSSR count). The van der Waals surface area contributed by atoms with Crippen LogP contribution < -0.4 is 18.9 Å². The van der Waals surface area contributed by atoms with E-state index in [2.05, 4.69) is 0 Å². The molecule has 0 bridgehead atoms. The first-order chi connectivity index (χ1) is 2.00. The summed E-state index contributed by atoms with van der Waals surface area (Å²) in [6, 6.07) is 0. The van der Waals surface area contributed by atoms with Crippen LogP contribution in [-0.2, 0) is 0 Å². The molecule has 0 aliphatic carbocycles. The minimum atomic E-state index is -4.61. The van der Waals surface area contributed by atoms with Crippen molar-refractivity contribution < 1.29 is 42.3 Å². The van der Waals surface area contributed by atoms with Crippen molar-refractivity contribution in [3.05, 3.63) is 0 Å². The van der Waals surface area contributed by atoms with E-state index < -0.39 is 9.05 Å². The molecule has 0 heterocycles. The largest absolute Gasteiger partial charge is 2.00 e. The quantitative estimate of drug-likeness (QED) is 0.324. The van der Waals surface area contributed by atoms with E-state index in [1.54, 1.807) is 0 Å². The predicted octanol–water partition coefficient (Wildman–Crippen LogP) is -6.03. The summed E-state index contributed by atoms with van der Waals surface area (Å²) in [5.74, 6) is 0. The summed E-state index contributed by atoms with van der Waals surface area (Å²) in [4.78, 5) is 29.3. The van der Waals surface area contributed by atoms with Crippen LogP contribution in [0.1, 0.15) is 4.28 Å². The molecule has 0 aliphatic heterocycles. The summed E-state index contributed by atoms with van der Waals surface area (Å²) in [6.07, 6.45) is 0. The molecule has 0 aromatic rings. The molecule has 0 spiro atoms. The average molecular weight is 254 g/mol. The summed E-state index contributed by atoms with van der Waals surface area (Å²) in [6.45, 7) is 0. The Morgan fingerprint density at radius 2 is 1.00 bits per heavy atom. The van der Waals surface area contributed by atoms with Gasteiger partial charge in [0.15, 0.2) is 0 Å². The van der Waals surface area contributed by atoms with Crippen molar-refractivity contribution in [3.8, 4) is 0 Å². The minimum absolute atomic E-state index is 0. The van der Waals surface area contributed by atoms with E-state index in [9.17, 15) is 0 Å². The van der Waals surface area contributed by atoms with E-state index in [1.165, 1.54) is 0 Å². The number of hydrogen-bond donors (Lipinski definition) is 4. The maximum Gasteiger partial charge on any atom is 2.00 e. The summed E-state index contributed by atoms with van der Waals surface area (Å²) in [7, 11) is -4.61. The molecule has 0 fully saturated rings. The summed E-state index contributed by atoms with van der Waals surface area (Å²) in [5, 5.41) is 0. The van der Waals surface area contributed by atoms with Crippen molar-refractivity contribution in [3.63, 3.8) is 0 Å². The molecular formula is H7BBaLiO4Si. The molecule has 0 aromatic carbocycles. The first kappa shape index (κ1) is 22.4. The second-order valence-electron chi connectivity index (χ2n) is 0.600. The van der Waals surface area contributed by atoms with Crippen LogP contribution >= 0.6 is 0 Å². The van der Waals surface area contributed by atoms with Gasteiger partial charge in [-0.1, -0.05) is 0 Å². The smallest absolute Gasteiger partial charge is 1.00 e. The Kier molecular flexibility index (Phi) is 26.1. The van der Waals surface area contributed by atoms with Gasteiger partial charge in [0, 0.05) is 8.41 Å². The van der Waals surface area contributed by atoms with Gasteiger partial charge in [0.25, 0.3) is 0 Å². The van der Waals surface area contributed by atoms with Crippen LogP contribution in [0.25, 0.3) is 0 Å². The Morgan fingerprint density at radius 1 is 1.00 bits per heavy atom. The molecule has 41 valence electrons. The maximum atomic E-state index is 7.33. The SMILES string of the molecule is O[Si](O)(O)O.[B].[Ba+2].[H-].[H-].[H-].[Li+]. The standard InChI is InChI=1S/B.Ba.Li.H4O4Si.3H/c;;;1-5(2,3)4;;;/h;;;1-4H;;;/q;+2;+1;;3*-1. The molecule has 4 nitrogen and oxygen atoms in total. The Labute approximate surface area is 107 Å². The second-order valence-corrected chi connectivity index (χ2v) is 1.80. The maximum absolute atomic E-state index is 7.33. The number of hydrogen-bond acceptors (Lipinski definition) is 4. The Hall–Kier alpha value is 2.29. The van der Waals surface area contributed by atoms with Crippen LogP contribution in [0.4, 0.5) is 0 Å². The topological polar surface area (TPSA) is 80.9 Å². The molecule has 0 aliphatic rings. The van der Waals surface area contributed by atoms with Crippen molar-refractivity contribution in [2.45, 2.75) is 0 Å². The van der Waals surface area contributed by atoms with Gasteiger partial charge in [0.2, 0.25) is 0 Å². The summed E-state index contributed by atoms with van der Waals surface area (Å²) in [5.41, 5.74) is 0. The molecule has 0 amide bonds. The van der Waals surface area contributed by atoms with Gasteiger partial charge in [-0.3, -0.25) is 0 Å². The Bertz CT molecular complexity index is 40.8. The van der Waals surface area contributed by atoms with Gasteiger partial charge >= 0.3 is 76.8 Å². The second kappa shape index (κ2) is 9.29. The molecule has 0 atom stereocenters. The molecule has 3 radical (unpaired) electrons. The van der Waals surface area contributed by atoms with Crippen LogP contribution in [0, 0.1) is 0 Å². The number of rotatable bonds is 0. The van der Waals surface area contributed by atoms with Crippen molar-refractivity contribution in [2.75, 3.05) is 0 Å². The van der Waals surface area contributed by atoms with Gasteiger partial charge in [-0.05, 0) is 0 Å². The van der Waals surface area contributed by atoms with Gasteiger partial charge < -0.3 is 23.5 Å². The molecule has 0 saturated heterocycles. The van der Waals surface area contributed by atoms with Crippen molar-refractivity contribution in [1.82, 2.24) is 0 Å². The molecule has 0 saturated carbocycles. The zero-order chi connectivity index (χ0) is 4.50. The van der Waals surface area contributed by atoms with E-state index in [-0.39, 0.29) is 80.4 Å². The summed E-state index contributed by atoms with van der Waals surface area (Å²) >= 11 is 0. The molecule has 8 heteroatoms. The average Bonchev–Trinajstić information content (AvgIpc) is 0.722. The van der Waals surface area contributed by atoms with Gasteiger partial charge in [0.1, 0.15) is 0 Å². The van der Waals surface area contributed by atoms with Crippen LogP contribution in [0.3, 0.4) is 0 Å². The van der Waals surface area contributed by atoms with Crippen LogP contribution in [0.2, 0.25) is 0 Å². The van der Waals surface area contributed by atoms with E-state index in [4.69, 9.17) is 19.2 Å². The summed E-state index contributed by atoms with van der Waals surface area (Å²) < 4.78 is 0. The predicted molar refractivity (Wildman–Crippen MR) is 29.5 cm³/mol. The normalized spacial score (nSPS) is 7.50. The van der Waals surface area contributed by atoms with E-state index in [1.807, 2.05) is 0 Å². The van der Waals surface area contributed by atoms with E-state index in [0.717, 1.165) is 0 Å². The van der Waals surface area contributed by atoms with Crippen molar-refractivity contribution >= 4 is 66.3 Å². The third kappa shape index (κ3) is 84.0. The van der Waals surface area contributed by atoms with Crippen LogP contribution in [0.15, 0.2) is 0 Å². The van der Waals surface area contributed by atoms with Crippen molar-refractivity contribution in [2.24, 2.45) is 0 Å². The zero-order valence-electron chi connectivity index (χ0n) is 7.57. The van der Waals surface area contributed by atoms with Gasteiger partial charge in [0.05, 0.1) is 0 Å². The van der Waals surface area contributed by atoms with Crippen molar-refractivity contribution in [1.29, 1.82) is 0 Å². The van der Waals surface area contributed by atoms with E-state index in [0.29, 0.717) is 0 Å². The third-order valence-electron chi connectivity index (χ3n) is 0. The Balaban J connectivity index is -0.00000000533. The first-order valence-corrected chi connectivity index (χ1v) is 2.68. The van der Waals surface area contributed by atoms with Crippen LogP contribution in [0.5, 0.6) is 0 Å². The van der Waals surface area contributed by atoms with E-state index >= 15 is 0 Å². The molecule has 4 N–H and O–H groups in total. The monoisotopic (exact) mass is 255 g/mol. The molecule has 0 unspecified atom stereocenters. The minimum Gasteiger partial charge on any atom is -1.00 e. The fourth-order valence-electron chi connectivity index (χ4n) is 0. The van der Waals surface area contributed by atoms with Gasteiger partial charge in [-0.15, -0.1) is 0 Å². The molecular weight excluding hydrogens is 247 g/mol. The van der Waals surface area contributed by atoms with Gasteiger partial charge in [-0.25, -0.2) is 0 Å². The molecule has 8 heavy (non-hydrogen) atoms. The Morgan fingerprint density at radius 3 is 1.00 bits per heavy atom. The zero-order valence-corrected chi connectivity index (χ0v) is 10.0. The van der Waals surface area contributed by atoms with Crippen LogP contribution in [-0.4, -0.2) is 85.5 Å². The molecule has 0 aromatic heterocycles. The fraction of sp³-hybridized carbons (Fsp3) is 0. The first-order valence-electron chi connectivity index (χ1n) is 0.894. The third-order valence-corrected chi connectivity index (χ3v) is 0. The fourth-order valence-corrected chi connectivity index (χ4v) is 0. The van der Waals surface area contributed by atoms with Gasteiger partial charge in [-0.2, -0.15) is 0 Å².